The summed E-state index contributed by atoms with van der Waals surface area (Å²) < 4.78 is 4.84. The number of halogens is 1. The van der Waals surface area contributed by atoms with Gasteiger partial charge in [0.1, 0.15) is 5.76 Å². The number of allylic oxidation sites excluding steroid dienone is 1. The molecule has 0 aliphatic heterocycles. The zero-order chi connectivity index (χ0) is 8.15. The predicted molar refractivity (Wildman–Crippen MR) is 43.6 cm³/mol. The number of carbonyl (C=O) groups excluding carboxylic acids is 1. The number of ether oxygens (including phenoxy) is 1. The Morgan fingerprint density at radius 1 is 1.60 bits per heavy atom. The molecule has 0 bridgehead atoms. The minimum absolute atomic E-state index is 0.239. The van der Waals surface area contributed by atoms with Crippen LogP contribution in [0.25, 0.3) is 0 Å². The summed E-state index contributed by atoms with van der Waals surface area (Å²) in [5.41, 5.74) is 0. The van der Waals surface area contributed by atoms with Gasteiger partial charge < -0.3 is 4.74 Å². The fourth-order valence-corrected chi connectivity index (χ4v) is 1.05. The first kappa shape index (κ1) is 9.69. The number of hydrogen-bond acceptors (Lipinski definition) is 2. The molecule has 0 aliphatic carbocycles. The first-order valence-electron chi connectivity index (χ1n) is 3.06. The predicted octanol–water partition coefficient (Wildman–Crippen LogP) is 2.44. The number of hydrogen-bond donors (Lipinski definition) is 0. The summed E-state index contributed by atoms with van der Waals surface area (Å²) in [6.07, 6.45) is 0. The van der Waals surface area contributed by atoms with Crippen molar-refractivity contribution in [2.45, 2.75) is 20.8 Å². The highest BCUT2D eigenvalue weighted by Gasteiger charge is 2.05. The average molecular weight is 207 g/mol. The second-order valence-electron chi connectivity index (χ2n) is 2.26. The largest absolute Gasteiger partial charge is 0.430 e. The van der Waals surface area contributed by atoms with Gasteiger partial charge in [0.25, 0.3) is 0 Å². The van der Waals surface area contributed by atoms with E-state index in [4.69, 9.17) is 4.74 Å². The van der Waals surface area contributed by atoms with E-state index in [-0.39, 0.29) is 11.9 Å². The van der Waals surface area contributed by atoms with E-state index in [1.807, 2.05) is 13.8 Å². The van der Waals surface area contributed by atoms with Gasteiger partial charge in [-0.3, -0.25) is 4.79 Å². The molecule has 0 unspecified atom stereocenters. The Hall–Kier alpha value is -0.310. The normalized spacial score (nSPS) is 11.9. The Labute approximate surface area is 69.4 Å². The van der Waals surface area contributed by atoms with Gasteiger partial charge in [0.05, 0.1) is 0 Å². The quantitative estimate of drug-likeness (QED) is 0.513. The summed E-state index contributed by atoms with van der Waals surface area (Å²) in [5, 5.41) is 0. The van der Waals surface area contributed by atoms with Gasteiger partial charge >= 0.3 is 5.97 Å². The summed E-state index contributed by atoms with van der Waals surface area (Å²) in [4.78, 5) is 12.1. The first-order valence-corrected chi connectivity index (χ1v) is 3.98. The zero-order valence-electron chi connectivity index (χ0n) is 6.35. The third kappa shape index (κ3) is 3.67. The molecule has 0 aliphatic rings. The lowest BCUT2D eigenvalue weighted by molar-refractivity contribution is -0.137. The Balaban J connectivity index is 3.99. The van der Waals surface area contributed by atoms with E-state index >= 15 is 0 Å². The van der Waals surface area contributed by atoms with Crippen LogP contribution in [0.15, 0.2) is 10.7 Å². The monoisotopic (exact) mass is 206 g/mol. The topological polar surface area (TPSA) is 26.3 Å². The van der Waals surface area contributed by atoms with Crippen LogP contribution in [0.4, 0.5) is 0 Å². The SMILES string of the molecule is CC(=O)O/C(=C\Br)C(C)C. The van der Waals surface area contributed by atoms with E-state index in [9.17, 15) is 4.79 Å². The number of esters is 1. The lowest BCUT2D eigenvalue weighted by Gasteiger charge is -2.07. The van der Waals surface area contributed by atoms with E-state index < -0.39 is 0 Å². The van der Waals surface area contributed by atoms with Crippen LogP contribution in [0.2, 0.25) is 0 Å². The molecule has 0 aromatic carbocycles. The maximum atomic E-state index is 10.4. The highest BCUT2D eigenvalue weighted by atomic mass is 79.9. The molecule has 58 valence electrons. The molecule has 2 nitrogen and oxygen atoms in total. The smallest absolute Gasteiger partial charge is 0.307 e. The lowest BCUT2D eigenvalue weighted by Crippen LogP contribution is -2.03. The van der Waals surface area contributed by atoms with Crippen molar-refractivity contribution in [1.29, 1.82) is 0 Å². The first-order chi connectivity index (χ1) is 4.57. The molecule has 0 radical (unpaired) electrons. The Morgan fingerprint density at radius 2 is 2.10 bits per heavy atom. The molecule has 10 heavy (non-hydrogen) atoms. The molecule has 0 rings (SSSR count). The fraction of sp³-hybridized carbons (Fsp3) is 0.571. The molecule has 0 saturated carbocycles. The standard InChI is InChI=1S/C7H11BrO2/c1-5(2)7(4-8)10-6(3)9/h4-5H,1-3H3/b7-4-. The maximum absolute atomic E-state index is 10.4. The minimum atomic E-state index is -0.278. The third-order valence-corrected chi connectivity index (χ3v) is 1.39. The van der Waals surface area contributed by atoms with Crippen molar-refractivity contribution in [1.82, 2.24) is 0 Å². The molecule has 0 amide bonds. The van der Waals surface area contributed by atoms with Crippen LogP contribution in [-0.4, -0.2) is 5.97 Å². The minimum Gasteiger partial charge on any atom is -0.430 e. The van der Waals surface area contributed by atoms with Crippen LogP contribution in [-0.2, 0) is 9.53 Å². The summed E-state index contributed by atoms with van der Waals surface area (Å²) in [5.74, 6) is 0.621. The van der Waals surface area contributed by atoms with Crippen LogP contribution in [0.5, 0.6) is 0 Å². The molecule has 0 fully saturated rings. The van der Waals surface area contributed by atoms with Gasteiger partial charge in [-0.15, -0.1) is 0 Å². The van der Waals surface area contributed by atoms with Crippen LogP contribution in [0, 0.1) is 5.92 Å². The van der Waals surface area contributed by atoms with Crippen molar-refractivity contribution in [3.05, 3.63) is 10.7 Å². The maximum Gasteiger partial charge on any atom is 0.307 e. The second kappa shape index (κ2) is 4.50. The van der Waals surface area contributed by atoms with Crippen molar-refractivity contribution < 1.29 is 9.53 Å². The van der Waals surface area contributed by atoms with Crippen molar-refractivity contribution >= 4 is 21.9 Å². The van der Waals surface area contributed by atoms with Crippen molar-refractivity contribution in [2.75, 3.05) is 0 Å². The van der Waals surface area contributed by atoms with Crippen LogP contribution in [0.3, 0.4) is 0 Å². The molecule has 0 atom stereocenters. The Bertz CT molecular complexity index is 150. The van der Waals surface area contributed by atoms with E-state index in [0.717, 1.165) is 0 Å². The van der Waals surface area contributed by atoms with Crippen LogP contribution < -0.4 is 0 Å². The van der Waals surface area contributed by atoms with Gasteiger partial charge in [-0.1, -0.05) is 29.8 Å². The van der Waals surface area contributed by atoms with Crippen LogP contribution >= 0.6 is 15.9 Å². The van der Waals surface area contributed by atoms with Gasteiger partial charge in [-0.2, -0.15) is 0 Å². The van der Waals surface area contributed by atoms with Crippen molar-refractivity contribution in [3.8, 4) is 0 Å². The Morgan fingerprint density at radius 3 is 2.20 bits per heavy atom. The van der Waals surface area contributed by atoms with Gasteiger partial charge in [0, 0.05) is 17.8 Å². The van der Waals surface area contributed by atoms with E-state index in [2.05, 4.69) is 15.9 Å². The third-order valence-electron chi connectivity index (χ3n) is 0.938. The van der Waals surface area contributed by atoms with Crippen LogP contribution in [0.1, 0.15) is 20.8 Å². The molecular formula is C7H11BrO2. The molecule has 3 heteroatoms. The van der Waals surface area contributed by atoms with E-state index in [1.54, 1.807) is 4.99 Å². The molecule has 0 aromatic rings. The van der Waals surface area contributed by atoms with E-state index in [0.29, 0.717) is 5.76 Å². The second-order valence-corrected chi connectivity index (χ2v) is 2.72. The summed E-state index contributed by atoms with van der Waals surface area (Å²) in [7, 11) is 0. The molecule has 0 heterocycles. The molecule has 0 spiro atoms. The van der Waals surface area contributed by atoms with Gasteiger partial charge in [-0.05, 0) is 0 Å². The van der Waals surface area contributed by atoms with Gasteiger partial charge in [0.2, 0.25) is 0 Å². The van der Waals surface area contributed by atoms with E-state index in [1.165, 1.54) is 6.92 Å². The number of rotatable bonds is 2. The molecule has 0 N–H and O–H groups in total. The fourth-order valence-electron chi connectivity index (χ4n) is 0.432. The Kier molecular flexibility index (Phi) is 4.36. The highest BCUT2D eigenvalue weighted by Crippen LogP contribution is 2.12. The lowest BCUT2D eigenvalue weighted by atomic mass is 10.2. The molecule has 0 saturated heterocycles. The molecular weight excluding hydrogens is 196 g/mol. The summed E-state index contributed by atoms with van der Waals surface area (Å²) in [6, 6.07) is 0. The zero-order valence-corrected chi connectivity index (χ0v) is 7.94. The summed E-state index contributed by atoms with van der Waals surface area (Å²) >= 11 is 3.11. The summed E-state index contributed by atoms with van der Waals surface area (Å²) in [6.45, 7) is 5.30. The average Bonchev–Trinajstić information content (AvgIpc) is 1.81. The van der Waals surface area contributed by atoms with Gasteiger partial charge in [-0.25, -0.2) is 0 Å². The number of carbonyl (C=O) groups is 1. The highest BCUT2D eigenvalue weighted by molar-refractivity contribution is 9.11. The van der Waals surface area contributed by atoms with Crippen molar-refractivity contribution in [3.63, 3.8) is 0 Å². The molecule has 0 aromatic heterocycles. The van der Waals surface area contributed by atoms with Crippen molar-refractivity contribution in [2.24, 2.45) is 5.92 Å². The van der Waals surface area contributed by atoms with Gasteiger partial charge in [0.15, 0.2) is 0 Å².